The van der Waals surface area contributed by atoms with Gasteiger partial charge in [0, 0.05) is 44.3 Å². The van der Waals surface area contributed by atoms with E-state index in [-0.39, 0.29) is 0 Å². The van der Waals surface area contributed by atoms with Crippen molar-refractivity contribution < 1.29 is 4.74 Å². The highest BCUT2D eigenvalue weighted by Gasteiger charge is 2.21. The molecule has 0 aliphatic carbocycles. The maximum absolute atomic E-state index is 5.38. The summed E-state index contributed by atoms with van der Waals surface area (Å²) < 4.78 is 7.25. The zero-order chi connectivity index (χ0) is 18.2. The molecule has 1 aromatic carbocycles. The third-order valence-electron chi connectivity index (χ3n) is 5.02. The Kier molecular flexibility index (Phi) is 3.74. The number of ether oxygens (including phenoxy) is 1. The number of anilines is 2. The van der Waals surface area contributed by atoms with Gasteiger partial charge in [-0.05, 0) is 24.3 Å². The second kappa shape index (κ2) is 6.39. The van der Waals surface area contributed by atoms with Gasteiger partial charge in [0.05, 0.1) is 24.2 Å². The average Bonchev–Trinajstić information content (AvgIpc) is 3.22. The minimum absolute atomic E-state index is 0.608. The van der Waals surface area contributed by atoms with Crippen molar-refractivity contribution in [1.82, 2.24) is 24.6 Å². The Hall–Kier alpha value is -3.42. The quantitative estimate of drug-likeness (QED) is 0.553. The highest BCUT2D eigenvalue weighted by molar-refractivity contribution is 5.86. The second-order valence-corrected chi connectivity index (χ2v) is 6.47. The average molecular weight is 361 g/mol. The first-order valence-electron chi connectivity index (χ1n) is 8.90. The predicted molar refractivity (Wildman–Crippen MR) is 104 cm³/mol. The third-order valence-corrected chi connectivity index (χ3v) is 5.02. The van der Waals surface area contributed by atoms with Crippen LogP contribution in [0.5, 0.6) is 5.88 Å². The molecule has 4 aromatic rings. The van der Waals surface area contributed by atoms with Crippen LogP contribution in [0.1, 0.15) is 0 Å². The molecule has 8 heteroatoms. The third kappa shape index (κ3) is 2.69. The SMILES string of the molecule is COc1ncnc2ccc(N3CCN(c4nccn5nccc45)CC3)cc12. The minimum Gasteiger partial charge on any atom is -0.480 e. The maximum atomic E-state index is 5.38. The van der Waals surface area contributed by atoms with Gasteiger partial charge in [0.25, 0.3) is 0 Å². The number of rotatable bonds is 3. The van der Waals surface area contributed by atoms with Crippen LogP contribution in [0.3, 0.4) is 0 Å². The summed E-state index contributed by atoms with van der Waals surface area (Å²) in [7, 11) is 1.64. The number of methoxy groups -OCH3 is 1. The van der Waals surface area contributed by atoms with E-state index in [4.69, 9.17) is 4.74 Å². The molecule has 1 saturated heterocycles. The monoisotopic (exact) mass is 361 g/mol. The molecule has 0 N–H and O–H groups in total. The van der Waals surface area contributed by atoms with Crippen molar-refractivity contribution in [3.05, 3.63) is 49.2 Å². The van der Waals surface area contributed by atoms with Gasteiger partial charge >= 0.3 is 0 Å². The van der Waals surface area contributed by atoms with Crippen LogP contribution in [0.25, 0.3) is 16.4 Å². The Balaban J connectivity index is 1.39. The normalized spacial score (nSPS) is 14.9. The molecule has 1 aliphatic rings. The fourth-order valence-corrected chi connectivity index (χ4v) is 3.64. The molecule has 1 fully saturated rings. The van der Waals surface area contributed by atoms with E-state index < -0.39 is 0 Å². The van der Waals surface area contributed by atoms with Crippen LogP contribution in [-0.2, 0) is 0 Å². The van der Waals surface area contributed by atoms with E-state index in [0.717, 1.165) is 54.1 Å². The smallest absolute Gasteiger partial charge is 0.224 e. The molecule has 0 atom stereocenters. The lowest BCUT2D eigenvalue weighted by Crippen LogP contribution is -2.47. The largest absolute Gasteiger partial charge is 0.480 e. The van der Waals surface area contributed by atoms with Gasteiger partial charge in [-0.3, -0.25) is 0 Å². The van der Waals surface area contributed by atoms with Crippen LogP contribution in [-0.4, -0.2) is 57.9 Å². The summed E-state index contributed by atoms with van der Waals surface area (Å²) in [6, 6.07) is 8.25. The van der Waals surface area contributed by atoms with Gasteiger partial charge in [0.15, 0.2) is 5.82 Å². The lowest BCUT2D eigenvalue weighted by molar-refractivity contribution is 0.402. The molecular formula is C19H19N7O. The van der Waals surface area contributed by atoms with Crippen LogP contribution in [0.15, 0.2) is 49.2 Å². The van der Waals surface area contributed by atoms with E-state index in [2.05, 4.69) is 42.0 Å². The molecule has 0 saturated carbocycles. The first-order chi connectivity index (χ1) is 13.3. The van der Waals surface area contributed by atoms with Crippen molar-refractivity contribution in [3.63, 3.8) is 0 Å². The predicted octanol–water partition coefficient (Wildman–Crippen LogP) is 2.01. The summed E-state index contributed by atoms with van der Waals surface area (Å²) in [4.78, 5) is 17.8. The number of nitrogens with zero attached hydrogens (tertiary/aromatic N) is 7. The van der Waals surface area contributed by atoms with E-state index in [0.29, 0.717) is 5.88 Å². The van der Waals surface area contributed by atoms with E-state index in [1.807, 2.05) is 22.8 Å². The Bertz CT molecular complexity index is 1100. The molecule has 3 aromatic heterocycles. The molecule has 0 bridgehead atoms. The number of fused-ring (bicyclic) bond motifs is 2. The Labute approximate surface area is 156 Å². The summed E-state index contributed by atoms with van der Waals surface area (Å²) in [5, 5.41) is 5.23. The van der Waals surface area contributed by atoms with Crippen LogP contribution >= 0.6 is 0 Å². The van der Waals surface area contributed by atoms with E-state index in [1.54, 1.807) is 19.5 Å². The van der Waals surface area contributed by atoms with Crippen molar-refractivity contribution in [2.24, 2.45) is 0 Å². The highest BCUT2D eigenvalue weighted by Crippen LogP contribution is 2.28. The number of hydrogen-bond acceptors (Lipinski definition) is 7. The molecule has 0 unspecified atom stereocenters. The molecule has 0 amide bonds. The zero-order valence-corrected chi connectivity index (χ0v) is 15.0. The van der Waals surface area contributed by atoms with Crippen molar-refractivity contribution in [1.29, 1.82) is 0 Å². The van der Waals surface area contributed by atoms with Crippen molar-refractivity contribution in [2.45, 2.75) is 0 Å². The Morgan fingerprint density at radius 2 is 1.78 bits per heavy atom. The molecule has 0 spiro atoms. The summed E-state index contributed by atoms with van der Waals surface area (Å²) in [5.41, 5.74) is 3.09. The lowest BCUT2D eigenvalue weighted by Gasteiger charge is -2.37. The fourth-order valence-electron chi connectivity index (χ4n) is 3.64. The van der Waals surface area contributed by atoms with Gasteiger partial charge in [-0.2, -0.15) is 5.10 Å². The minimum atomic E-state index is 0.608. The molecule has 5 rings (SSSR count). The molecule has 4 heterocycles. The van der Waals surface area contributed by atoms with E-state index in [9.17, 15) is 0 Å². The summed E-state index contributed by atoms with van der Waals surface area (Å²) in [6.07, 6.45) is 7.02. The van der Waals surface area contributed by atoms with Crippen molar-refractivity contribution >= 4 is 27.9 Å². The van der Waals surface area contributed by atoms with Gasteiger partial charge in [0.1, 0.15) is 11.8 Å². The fraction of sp³-hybridized carbons (Fsp3) is 0.263. The van der Waals surface area contributed by atoms with Crippen LogP contribution in [0, 0.1) is 0 Å². The van der Waals surface area contributed by atoms with Gasteiger partial charge in [-0.25, -0.2) is 19.5 Å². The van der Waals surface area contributed by atoms with E-state index >= 15 is 0 Å². The maximum Gasteiger partial charge on any atom is 0.224 e. The Morgan fingerprint density at radius 1 is 0.926 bits per heavy atom. The van der Waals surface area contributed by atoms with Crippen molar-refractivity contribution in [3.8, 4) is 5.88 Å². The van der Waals surface area contributed by atoms with Crippen LogP contribution in [0.2, 0.25) is 0 Å². The summed E-state index contributed by atoms with van der Waals surface area (Å²) in [6.45, 7) is 3.63. The molecule has 27 heavy (non-hydrogen) atoms. The molecule has 0 radical (unpaired) electrons. The molecular weight excluding hydrogens is 342 g/mol. The van der Waals surface area contributed by atoms with Gasteiger partial charge in [-0.15, -0.1) is 0 Å². The number of benzene rings is 1. The Morgan fingerprint density at radius 3 is 2.63 bits per heavy atom. The number of aromatic nitrogens is 5. The van der Waals surface area contributed by atoms with Gasteiger partial charge < -0.3 is 14.5 Å². The zero-order valence-electron chi connectivity index (χ0n) is 15.0. The lowest BCUT2D eigenvalue weighted by atomic mass is 10.2. The molecule has 136 valence electrons. The van der Waals surface area contributed by atoms with E-state index in [1.165, 1.54) is 6.33 Å². The first kappa shape index (κ1) is 15.8. The summed E-state index contributed by atoms with van der Waals surface area (Å²) in [5.74, 6) is 1.60. The molecule has 8 nitrogen and oxygen atoms in total. The number of hydrogen-bond donors (Lipinski definition) is 0. The van der Waals surface area contributed by atoms with Gasteiger partial charge in [-0.1, -0.05) is 0 Å². The topological polar surface area (TPSA) is 71.7 Å². The standard InChI is InChI=1S/C19H19N7O/c1-27-19-15-12-14(2-3-16(15)21-13-22-19)24-8-10-25(11-9-24)18-17-4-5-23-26(17)7-6-20-18/h2-7,12-13H,8-11H2,1H3. The van der Waals surface area contributed by atoms with Crippen LogP contribution < -0.4 is 14.5 Å². The molecule has 1 aliphatic heterocycles. The first-order valence-corrected chi connectivity index (χ1v) is 8.90. The van der Waals surface area contributed by atoms with Crippen molar-refractivity contribution in [2.75, 3.05) is 43.1 Å². The number of piperazine rings is 1. The van der Waals surface area contributed by atoms with Crippen LogP contribution in [0.4, 0.5) is 11.5 Å². The second-order valence-electron chi connectivity index (χ2n) is 6.47. The summed E-state index contributed by atoms with van der Waals surface area (Å²) >= 11 is 0. The highest BCUT2D eigenvalue weighted by atomic mass is 16.5. The van der Waals surface area contributed by atoms with Gasteiger partial charge in [0.2, 0.25) is 5.88 Å².